The Balaban J connectivity index is 1.77. The van der Waals surface area contributed by atoms with Crippen LogP contribution in [0.2, 0.25) is 0 Å². The first-order chi connectivity index (χ1) is 6.62. The fourth-order valence-corrected chi connectivity index (χ4v) is 2.72. The Morgan fingerprint density at radius 3 is 2.57 bits per heavy atom. The van der Waals surface area contributed by atoms with Gasteiger partial charge < -0.3 is 10.2 Å². The number of hydrogen-bond donors (Lipinski definition) is 1. The quantitative estimate of drug-likeness (QED) is 0.741. The van der Waals surface area contributed by atoms with E-state index in [1.165, 1.54) is 38.9 Å². The molecule has 0 aromatic rings. The first kappa shape index (κ1) is 10.4. The highest BCUT2D eigenvalue weighted by atomic mass is 15.2. The standard InChI is InChI=1S/C12H24N2/c1-4-14-8-6-10(9-14)13-11-5-7-12(11,2)3/h10-11,13H,4-9H2,1-3H3. The number of likely N-dealkylation sites (N-methyl/N-ethyl adjacent to an activating group) is 1. The minimum Gasteiger partial charge on any atom is -0.309 e. The van der Waals surface area contributed by atoms with Crippen LogP contribution in [0, 0.1) is 5.41 Å². The molecule has 0 aromatic carbocycles. The second-order valence-electron chi connectivity index (χ2n) is 5.63. The van der Waals surface area contributed by atoms with E-state index in [1.54, 1.807) is 0 Å². The third-order valence-electron chi connectivity index (χ3n) is 4.18. The molecule has 14 heavy (non-hydrogen) atoms. The average Bonchev–Trinajstić information content (AvgIpc) is 2.60. The molecule has 2 fully saturated rings. The summed E-state index contributed by atoms with van der Waals surface area (Å²) in [5, 5.41) is 3.83. The Morgan fingerprint density at radius 2 is 2.14 bits per heavy atom. The summed E-state index contributed by atoms with van der Waals surface area (Å²) in [6, 6.07) is 1.55. The van der Waals surface area contributed by atoms with Crippen molar-refractivity contribution in [2.45, 2.75) is 52.1 Å². The van der Waals surface area contributed by atoms with E-state index in [0.717, 1.165) is 12.1 Å². The smallest absolute Gasteiger partial charge is 0.0210 e. The predicted octanol–water partition coefficient (Wildman–Crippen LogP) is 1.86. The molecule has 1 saturated carbocycles. The Bertz CT molecular complexity index is 200. The number of likely N-dealkylation sites (tertiary alicyclic amines) is 1. The van der Waals surface area contributed by atoms with E-state index < -0.39 is 0 Å². The maximum atomic E-state index is 3.83. The number of nitrogens with zero attached hydrogens (tertiary/aromatic N) is 1. The Labute approximate surface area is 88.1 Å². The van der Waals surface area contributed by atoms with Crippen LogP contribution < -0.4 is 5.32 Å². The van der Waals surface area contributed by atoms with Crippen LogP contribution in [0.5, 0.6) is 0 Å². The number of hydrogen-bond acceptors (Lipinski definition) is 2. The highest BCUT2D eigenvalue weighted by Gasteiger charge is 2.39. The first-order valence-corrected chi connectivity index (χ1v) is 6.10. The summed E-state index contributed by atoms with van der Waals surface area (Å²) >= 11 is 0. The summed E-state index contributed by atoms with van der Waals surface area (Å²) < 4.78 is 0. The molecule has 0 bridgehead atoms. The van der Waals surface area contributed by atoms with Gasteiger partial charge in [0.1, 0.15) is 0 Å². The van der Waals surface area contributed by atoms with Crippen LogP contribution in [0.15, 0.2) is 0 Å². The third-order valence-corrected chi connectivity index (χ3v) is 4.18. The normalized spacial score (nSPS) is 37.1. The van der Waals surface area contributed by atoms with Crippen molar-refractivity contribution in [3.8, 4) is 0 Å². The molecule has 0 spiro atoms. The van der Waals surface area contributed by atoms with Crippen molar-refractivity contribution in [3.05, 3.63) is 0 Å². The van der Waals surface area contributed by atoms with E-state index in [1.807, 2.05) is 0 Å². The Kier molecular flexibility index (Phi) is 2.85. The molecule has 0 aromatic heterocycles. The highest BCUT2D eigenvalue weighted by molar-refractivity contribution is 4.97. The predicted molar refractivity (Wildman–Crippen MR) is 60.5 cm³/mol. The summed E-state index contributed by atoms with van der Waals surface area (Å²) in [6.45, 7) is 10.8. The zero-order valence-electron chi connectivity index (χ0n) is 9.84. The molecule has 2 unspecified atom stereocenters. The van der Waals surface area contributed by atoms with Gasteiger partial charge in [0, 0.05) is 18.6 Å². The van der Waals surface area contributed by atoms with Gasteiger partial charge in [-0.05, 0) is 37.8 Å². The van der Waals surface area contributed by atoms with Gasteiger partial charge in [-0.25, -0.2) is 0 Å². The van der Waals surface area contributed by atoms with Crippen molar-refractivity contribution in [2.24, 2.45) is 5.41 Å². The SMILES string of the molecule is CCN1CCC(NC2CCC2(C)C)C1. The molecular weight excluding hydrogens is 172 g/mol. The number of nitrogens with one attached hydrogen (secondary N) is 1. The molecule has 2 aliphatic rings. The van der Waals surface area contributed by atoms with Gasteiger partial charge in [-0.2, -0.15) is 0 Å². The second-order valence-corrected chi connectivity index (χ2v) is 5.63. The summed E-state index contributed by atoms with van der Waals surface area (Å²) in [4.78, 5) is 2.54. The van der Waals surface area contributed by atoms with Crippen molar-refractivity contribution in [3.63, 3.8) is 0 Å². The zero-order chi connectivity index (χ0) is 10.2. The van der Waals surface area contributed by atoms with Crippen LogP contribution in [0.4, 0.5) is 0 Å². The van der Waals surface area contributed by atoms with Crippen molar-refractivity contribution in [2.75, 3.05) is 19.6 Å². The zero-order valence-corrected chi connectivity index (χ0v) is 9.84. The molecule has 1 N–H and O–H groups in total. The second kappa shape index (κ2) is 3.82. The molecule has 2 rings (SSSR count). The monoisotopic (exact) mass is 196 g/mol. The van der Waals surface area contributed by atoms with Gasteiger partial charge in [0.2, 0.25) is 0 Å². The first-order valence-electron chi connectivity index (χ1n) is 6.10. The Hall–Kier alpha value is -0.0800. The molecule has 1 heterocycles. The summed E-state index contributed by atoms with van der Waals surface area (Å²) in [6.07, 6.45) is 4.13. The van der Waals surface area contributed by atoms with Crippen LogP contribution in [0.1, 0.15) is 40.0 Å². The van der Waals surface area contributed by atoms with Crippen molar-refractivity contribution >= 4 is 0 Å². The van der Waals surface area contributed by atoms with Crippen LogP contribution >= 0.6 is 0 Å². The molecule has 1 aliphatic carbocycles. The van der Waals surface area contributed by atoms with E-state index in [9.17, 15) is 0 Å². The van der Waals surface area contributed by atoms with E-state index in [-0.39, 0.29) is 0 Å². The largest absolute Gasteiger partial charge is 0.309 e. The van der Waals surface area contributed by atoms with Crippen molar-refractivity contribution < 1.29 is 0 Å². The van der Waals surface area contributed by atoms with Gasteiger partial charge in [0.25, 0.3) is 0 Å². The van der Waals surface area contributed by atoms with Crippen LogP contribution in [-0.2, 0) is 0 Å². The van der Waals surface area contributed by atoms with Gasteiger partial charge in [-0.3, -0.25) is 0 Å². The molecule has 2 nitrogen and oxygen atoms in total. The van der Waals surface area contributed by atoms with E-state index >= 15 is 0 Å². The van der Waals surface area contributed by atoms with Gasteiger partial charge in [-0.15, -0.1) is 0 Å². The lowest BCUT2D eigenvalue weighted by Crippen LogP contribution is -2.54. The highest BCUT2D eigenvalue weighted by Crippen LogP contribution is 2.40. The lowest BCUT2D eigenvalue weighted by atomic mass is 9.67. The lowest BCUT2D eigenvalue weighted by molar-refractivity contribution is 0.0984. The molecule has 0 radical (unpaired) electrons. The topological polar surface area (TPSA) is 15.3 Å². The van der Waals surface area contributed by atoms with E-state index in [4.69, 9.17) is 0 Å². The van der Waals surface area contributed by atoms with Crippen LogP contribution in [-0.4, -0.2) is 36.6 Å². The maximum absolute atomic E-state index is 3.83. The molecule has 0 amide bonds. The fourth-order valence-electron chi connectivity index (χ4n) is 2.72. The molecule has 1 aliphatic heterocycles. The summed E-state index contributed by atoms with van der Waals surface area (Å²) in [5.41, 5.74) is 0.555. The molecule has 1 saturated heterocycles. The molecule has 2 atom stereocenters. The number of rotatable bonds is 3. The minimum atomic E-state index is 0.555. The van der Waals surface area contributed by atoms with Crippen molar-refractivity contribution in [1.82, 2.24) is 10.2 Å². The van der Waals surface area contributed by atoms with Gasteiger partial charge in [0.15, 0.2) is 0 Å². The lowest BCUT2D eigenvalue weighted by Gasteiger charge is -2.46. The van der Waals surface area contributed by atoms with Crippen LogP contribution in [0.25, 0.3) is 0 Å². The van der Waals surface area contributed by atoms with Crippen molar-refractivity contribution in [1.29, 1.82) is 0 Å². The van der Waals surface area contributed by atoms with E-state index in [0.29, 0.717) is 5.41 Å². The third kappa shape index (κ3) is 1.96. The van der Waals surface area contributed by atoms with Gasteiger partial charge >= 0.3 is 0 Å². The van der Waals surface area contributed by atoms with Gasteiger partial charge in [-0.1, -0.05) is 20.8 Å². The molecule has 82 valence electrons. The van der Waals surface area contributed by atoms with E-state index in [2.05, 4.69) is 31.0 Å². The van der Waals surface area contributed by atoms with Gasteiger partial charge in [0.05, 0.1) is 0 Å². The molecular formula is C12H24N2. The molecule has 2 heteroatoms. The fraction of sp³-hybridized carbons (Fsp3) is 1.00. The minimum absolute atomic E-state index is 0.555. The summed E-state index contributed by atoms with van der Waals surface area (Å²) in [7, 11) is 0. The van der Waals surface area contributed by atoms with Crippen LogP contribution in [0.3, 0.4) is 0 Å². The maximum Gasteiger partial charge on any atom is 0.0210 e. The Morgan fingerprint density at radius 1 is 1.36 bits per heavy atom. The summed E-state index contributed by atoms with van der Waals surface area (Å²) in [5.74, 6) is 0. The average molecular weight is 196 g/mol.